The van der Waals surface area contributed by atoms with E-state index >= 15 is 0 Å². The molecule has 0 aromatic heterocycles. The molecule has 10 heteroatoms. The van der Waals surface area contributed by atoms with E-state index in [1.807, 2.05) is 19.1 Å². The number of halogens is 2. The van der Waals surface area contributed by atoms with Crippen LogP contribution in [0.5, 0.6) is 11.5 Å². The minimum absolute atomic E-state index is 0.238. The Morgan fingerprint density at radius 2 is 2.03 bits per heavy atom. The molecule has 1 aliphatic rings. The van der Waals surface area contributed by atoms with Gasteiger partial charge < -0.3 is 14.8 Å². The monoisotopic (exact) mass is 616 g/mol. The summed E-state index contributed by atoms with van der Waals surface area (Å²) in [5.74, 6) is 0.181. The lowest BCUT2D eigenvalue weighted by Crippen LogP contribution is -2.36. The van der Waals surface area contributed by atoms with Crippen molar-refractivity contribution in [3.63, 3.8) is 0 Å². The molecule has 0 spiro atoms. The first-order valence-electron chi connectivity index (χ1n) is 9.14. The van der Waals surface area contributed by atoms with Gasteiger partial charge in [0.15, 0.2) is 11.5 Å². The van der Waals surface area contributed by atoms with Crippen molar-refractivity contribution >= 4 is 79.1 Å². The third-order valence-corrected chi connectivity index (χ3v) is 6.56. The molecular weight excluding hydrogens is 599 g/mol. The van der Waals surface area contributed by atoms with Crippen LogP contribution in [0.1, 0.15) is 12.5 Å². The number of nitrogens with zero attached hydrogens (tertiary/aromatic N) is 1. The van der Waals surface area contributed by atoms with Gasteiger partial charge in [-0.25, -0.2) is 0 Å². The van der Waals surface area contributed by atoms with Gasteiger partial charge in [-0.3, -0.25) is 19.3 Å². The number of carbonyl (C=O) groups excluding carboxylic acids is 3. The summed E-state index contributed by atoms with van der Waals surface area (Å²) in [5.41, 5.74) is 1.25. The highest BCUT2D eigenvalue weighted by atomic mass is 127. The topological polar surface area (TPSA) is 84.9 Å². The zero-order chi connectivity index (χ0) is 22.5. The first kappa shape index (κ1) is 23.6. The van der Waals surface area contributed by atoms with Crippen LogP contribution in [0.3, 0.4) is 0 Å². The van der Waals surface area contributed by atoms with Gasteiger partial charge in [-0.15, -0.1) is 0 Å². The molecule has 162 valence electrons. The fourth-order valence-electron chi connectivity index (χ4n) is 2.82. The Balaban J connectivity index is 1.77. The van der Waals surface area contributed by atoms with Gasteiger partial charge in [0.2, 0.25) is 5.91 Å². The Labute approximate surface area is 205 Å². The Kier molecular flexibility index (Phi) is 8.00. The van der Waals surface area contributed by atoms with Gasteiger partial charge >= 0.3 is 0 Å². The smallest absolute Gasteiger partial charge is 0.294 e. The van der Waals surface area contributed by atoms with Gasteiger partial charge in [-0.1, -0.05) is 12.1 Å². The molecule has 0 aliphatic carbocycles. The number of amides is 3. The molecule has 1 saturated heterocycles. The molecule has 3 amide bonds. The number of hydrogen-bond donors (Lipinski definition) is 1. The fourth-order valence-corrected chi connectivity index (χ4v) is 4.88. The Morgan fingerprint density at radius 1 is 1.29 bits per heavy atom. The fraction of sp³-hybridized carbons (Fsp3) is 0.190. The lowest BCUT2D eigenvalue weighted by atomic mass is 10.2. The van der Waals surface area contributed by atoms with E-state index in [0.717, 1.165) is 20.2 Å². The highest BCUT2D eigenvalue weighted by Gasteiger charge is 2.36. The summed E-state index contributed by atoms with van der Waals surface area (Å²) in [6.07, 6.45) is 1.61. The van der Waals surface area contributed by atoms with E-state index in [1.165, 1.54) is 0 Å². The number of nitrogens with one attached hydrogen (secondary N) is 1. The van der Waals surface area contributed by atoms with Crippen LogP contribution < -0.4 is 14.8 Å². The molecule has 7 nitrogen and oxygen atoms in total. The van der Waals surface area contributed by atoms with Crippen LogP contribution in [-0.4, -0.2) is 42.2 Å². The predicted molar refractivity (Wildman–Crippen MR) is 132 cm³/mol. The molecule has 1 heterocycles. The van der Waals surface area contributed by atoms with Gasteiger partial charge in [0.25, 0.3) is 11.1 Å². The SMILES string of the molecule is CCOc1cc(/C=C2/SC(=O)N(CC(=O)Nc3ccccc3Br)C2=O)cc(I)c1OC. The zero-order valence-corrected chi connectivity index (χ0v) is 21.2. The normalized spacial score (nSPS) is 14.8. The minimum Gasteiger partial charge on any atom is -0.492 e. The molecular formula is C21H18BrIN2O5S. The molecule has 3 rings (SSSR count). The quantitative estimate of drug-likeness (QED) is 0.343. The molecule has 0 unspecified atom stereocenters. The number of ether oxygens (including phenoxy) is 2. The predicted octanol–water partition coefficient (Wildman–Crippen LogP) is 5.14. The van der Waals surface area contributed by atoms with E-state index in [2.05, 4.69) is 43.8 Å². The minimum atomic E-state index is -0.513. The van der Waals surface area contributed by atoms with E-state index in [9.17, 15) is 14.4 Å². The zero-order valence-electron chi connectivity index (χ0n) is 16.6. The van der Waals surface area contributed by atoms with Crippen LogP contribution in [-0.2, 0) is 9.59 Å². The average molecular weight is 617 g/mol. The molecule has 0 saturated carbocycles. The van der Waals surface area contributed by atoms with Gasteiger partial charge in [0, 0.05) is 4.47 Å². The van der Waals surface area contributed by atoms with E-state index < -0.39 is 17.1 Å². The Morgan fingerprint density at radius 3 is 2.71 bits per heavy atom. The summed E-state index contributed by atoms with van der Waals surface area (Å²) in [4.78, 5) is 38.7. The number of carbonyl (C=O) groups is 3. The van der Waals surface area contributed by atoms with Crippen LogP contribution in [0.25, 0.3) is 6.08 Å². The second-order valence-electron chi connectivity index (χ2n) is 6.26. The maximum Gasteiger partial charge on any atom is 0.294 e. The van der Waals surface area contributed by atoms with Crippen molar-refractivity contribution < 1.29 is 23.9 Å². The second kappa shape index (κ2) is 10.5. The standard InChI is InChI=1S/C21H18BrIN2O5S/c1-3-30-16-9-12(8-14(23)19(16)29-2)10-17-20(27)25(21(28)31-17)11-18(26)24-15-7-5-4-6-13(15)22/h4-10H,3,11H2,1-2H3,(H,24,26)/b17-10+. The van der Waals surface area contributed by atoms with Crippen molar-refractivity contribution in [3.8, 4) is 11.5 Å². The first-order chi connectivity index (χ1) is 14.8. The maximum atomic E-state index is 12.8. The Bertz CT molecular complexity index is 1080. The van der Waals surface area contributed by atoms with Gasteiger partial charge in [-0.2, -0.15) is 0 Å². The third-order valence-electron chi connectivity index (χ3n) is 4.16. The number of methoxy groups -OCH3 is 1. The van der Waals surface area contributed by atoms with E-state index in [0.29, 0.717) is 33.8 Å². The largest absolute Gasteiger partial charge is 0.492 e. The molecule has 1 aliphatic heterocycles. The summed E-state index contributed by atoms with van der Waals surface area (Å²) in [6, 6.07) is 10.7. The summed E-state index contributed by atoms with van der Waals surface area (Å²) >= 11 is 6.26. The lowest BCUT2D eigenvalue weighted by molar-refractivity contribution is -0.127. The van der Waals surface area contributed by atoms with Crippen LogP contribution in [0.2, 0.25) is 0 Å². The highest BCUT2D eigenvalue weighted by Crippen LogP contribution is 2.37. The number of anilines is 1. The van der Waals surface area contributed by atoms with Crippen LogP contribution >= 0.6 is 50.3 Å². The Hall–Kier alpha value is -2.05. The molecule has 2 aromatic carbocycles. The van der Waals surface area contributed by atoms with Crippen molar-refractivity contribution in [1.29, 1.82) is 0 Å². The van der Waals surface area contributed by atoms with Gasteiger partial charge in [0.05, 0.1) is 27.9 Å². The second-order valence-corrected chi connectivity index (χ2v) is 9.27. The average Bonchev–Trinajstić information content (AvgIpc) is 2.97. The lowest BCUT2D eigenvalue weighted by Gasteiger charge is -2.13. The molecule has 31 heavy (non-hydrogen) atoms. The van der Waals surface area contributed by atoms with Crippen molar-refractivity contribution in [2.24, 2.45) is 0 Å². The number of hydrogen-bond acceptors (Lipinski definition) is 6. The van der Waals surface area contributed by atoms with Crippen molar-refractivity contribution in [1.82, 2.24) is 4.90 Å². The molecule has 1 fully saturated rings. The number of benzene rings is 2. The molecule has 1 N–H and O–H groups in total. The van der Waals surface area contributed by atoms with E-state index in [4.69, 9.17) is 9.47 Å². The summed E-state index contributed by atoms with van der Waals surface area (Å²) in [6.45, 7) is 1.95. The molecule has 0 atom stereocenters. The first-order valence-corrected chi connectivity index (χ1v) is 11.8. The van der Waals surface area contributed by atoms with Crippen LogP contribution in [0.15, 0.2) is 45.8 Å². The number of imide groups is 1. The van der Waals surface area contributed by atoms with Crippen LogP contribution in [0, 0.1) is 3.57 Å². The highest BCUT2D eigenvalue weighted by molar-refractivity contribution is 14.1. The van der Waals surface area contributed by atoms with E-state index in [-0.39, 0.29) is 11.4 Å². The van der Waals surface area contributed by atoms with Gasteiger partial charge in [-0.05, 0) is 93.1 Å². The molecule has 0 radical (unpaired) electrons. The summed E-state index contributed by atoms with van der Waals surface area (Å²) in [5, 5.41) is 2.20. The number of rotatable bonds is 7. The van der Waals surface area contributed by atoms with Crippen molar-refractivity contribution in [3.05, 3.63) is 54.9 Å². The van der Waals surface area contributed by atoms with Crippen molar-refractivity contribution in [2.45, 2.75) is 6.92 Å². The summed E-state index contributed by atoms with van der Waals surface area (Å²) in [7, 11) is 1.56. The van der Waals surface area contributed by atoms with Crippen LogP contribution in [0.4, 0.5) is 10.5 Å². The maximum absolute atomic E-state index is 12.8. The van der Waals surface area contributed by atoms with Gasteiger partial charge in [0.1, 0.15) is 6.54 Å². The van der Waals surface area contributed by atoms with Crippen molar-refractivity contribution in [2.75, 3.05) is 25.6 Å². The van der Waals surface area contributed by atoms with E-state index in [1.54, 1.807) is 37.5 Å². The number of thioether (sulfide) groups is 1. The number of para-hydroxylation sites is 1. The molecule has 0 bridgehead atoms. The molecule has 2 aromatic rings. The third kappa shape index (κ3) is 5.60. The summed E-state index contributed by atoms with van der Waals surface area (Å²) < 4.78 is 12.5.